The molecule has 5 nitrogen and oxygen atoms in total. The highest BCUT2D eigenvalue weighted by molar-refractivity contribution is 7.98. The van der Waals surface area contributed by atoms with Crippen LogP contribution in [0.5, 0.6) is 0 Å². The van der Waals surface area contributed by atoms with E-state index in [-0.39, 0.29) is 18.6 Å². The fourth-order valence-electron chi connectivity index (χ4n) is 4.74. The van der Waals surface area contributed by atoms with E-state index in [9.17, 15) is 15.0 Å². The zero-order valence-electron chi connectivity index (χ0n) is 20.7. The zero-order chi connectivity index (χ0) is 23.9. The van der Waals surface area contributed by atoms with Gasteiger partial charge in [0.1, 0.15) is 6.10 Å². The molecule has 0 spiro atoms. The van der Waals surface area contributed by atoms with E-state index in [1.54, 1.807) is 11.8 Å². The second kappa shape index (κ2) is 16.5. The van der Waals surface area contributed by atoms with E-state index in [0.29, 0.717) is 11.5 Å². The molecule has 4 N–H and O–H groups in total. The van der Waals surface area contributed by atoms with E-state index in [0.717, 1.165) is 24.3 Å². The highest BCUT2D eigenvalue weighted by atomic mass is 32.2. The standard InChI is InChI=1S/C27H46N2O3S/c1-3-4-5-6-7-8-9-10-11-12-21-17-18-28-24(19-21)27(32)29-25(20-30)26(31)22-13-15-23(33-2)16-14-22/h13-16,21,24-26,28,30-31H,3-12,17-20H2,1-2H3,(H,29,32)/t21-,24+,25-,26+/m0/s1. The van der Waals surface area contributed by atoms with Gasteiger partial charge >= 0.3 is 0 Å². The van der Waals surface area contributed by atoms with Crippen molar-refractivity contribution in [1.29, 1.82) is 0 Å². The fourth-order valence-corrected chi connectivity index (χ4v) is 5.15. The van der Waals surface area contributed by atoms with Gasteiger partial charge in [0.2, 0.25) is 5.91 Å². The first-order chi connectivity index (χ1) is 16.1. The number of nitrogens with one attached hydrogen (secondary N) is 2. The first-order valence-electron chi connectivity index (χ1n) is 13.1. The average molecular weight is 479 g/mol. The lowest BCUT2D eigenvalue weighted by Crippen LogP contribution is -2.53. The van der Waals surface area contributed by atoms with Crippen LogP contribution in [-0.4, -0.2) is 47.6 Å². The average Bonchev–Trinajstić information content (AvgIpc) is 2.86. The van der Waals surface area contributed by atoms with Crippen LogP contribution in [0.15, 0.2) is 29.2 Å². The molecular weight excluding hydrogens is 432 g/mol. The Morgan fingerprint density at radius 1 is 1.09 bits per heavy atom. The molecule has 1 aromatic rings. The van der Waals surface area contributed by atoms with Crippen LogP contribution in [-0.2, 0) is 4.79 Å². The highest BCUT2D eigenvalue weighted by Crippen LogP contribution is 2.25. The molecular formula is C27H46N2O3S. The van der Waals surface area contributed by atoms with Crippen molar-refractivity contribution in [2.75, 3.05) is 19.4 Å². The van der Waals surface area contributed by atoms with E-state index in [4.69, 9.17) is 0 Å². The van der Waals surface area contributed by atoms with Crippen molar-refractivity contribution < 1.29 is 15.0 Å². The van der Waals surface area contributed by atoms with E-state index in [1.165, 1.54) is 64.2 Å². The second-order valence-electron chi connectivity index (χ2n) is 9.53. The Morgan fingerprint density at radius 3 is 2.33 bits per heavy atom. The van der Waals surface area contributed by atoms with Crippen LogP contribution in [0.3, 0.4) is 0 Å². The van der Waals surface area contributed by atoms with Crippen molar-refractivity contribution in [2.45, 2.75) is 107 Å². The van der Waals surface area contributed by atoms with Crippen molar-refractivity contribution in [3.8, 4) is 0 Å². The maximum atomic E-state index is 12.9. The van der Waals surface area contributed by atoms with Crippen LogP contribution in [0.1, 0.15) is 95.6 Å². The monoisotopic (exact) mass is 478 g/mol. The lowest BCUT2D eigenvalue weighted by atomic mass is 9.87. The number of aliphatic hydroxyl groups is 2. The van der Waals surface area contributed by atoms with Gasteiger partial charge < -0.3 is 20.8 Å². The van der Waals surface area contributed by atoms with Crippen LogP contribution in [0.2, 0.25) is 0 Å². The summed E-state index contributed by atoms with van der Waals surface area (Å²) < 4.78 is 0. The summed E-state index contributed by atoms with van der Waals surface area (Å²) in [4.78, 5) is 14.0. The van der Waals surface area contributed by atoms with E-state index < -0.39 is 12.1 Å². The molecule has 2 rings (SSSR count). The highest BCUT2D eigenvalue weighted by Gasteiger charge is 2.30. The molecule has 33 heavy (non-hydrogen) atoms. The van der Waals surface area contributed by atoms with Crippen molar-refractivity contribution in [1.82, 2.24) is 10.6 Å². The molecule has 0 aromatic heterocycles. The Hall–Kier alpha value is -1.08. The Kier molecular flexibility index (Phi) is 14.1. The molecule has 0 saturated carbocycles. The third-order valence-electron chi connectivity index (χ3n) is 6.91. The van der Waals surface area contributed by atoms with E-state index in [2.05, 4.69) is 17.6 Å². The molecule has 1 aromatic carbocycles. The molecule has 188 valence electrons. The molecule has 1 fully saturated rings. The second-order valence-corrected chi connectivity index (χ2v) is 10.4. The smallest absolute Gasteiger partial charge is 0.237 e. The molecule has 0 aliphatic carbocycles. The Labute approximate surface area is 205 Å². The molecule has 1 heterocycles. The van der Waals surface area contributed by atoms with Crippen LogP contribution in [0.4, 0.5) is 0 Å². The van der Waals surface area contributed by atoms with Gasteiger partial charge in [-0.3, -0.25) is 4.79 Å². The molecule has 1 amide bonds. The fraction of sp³-hybridized carbons (Fsp3) is 0.741. The minimum Gasteiger partial charge on any atom is -0.394 e. The molecule has 0 unspecified atom stereocenters. The van der Waals surface area contributed by atoms with Gasteiger partial charge in [-0.1, -0.05) is 83.3 Å². The molecule has 1 aliphatic heterocycles. The van der Waals surface area contributed by atoms with Gasteiger partial charge in [-0.2, -0.15) is 0 Å². The number of carbonyl (C=O) groups is 1. The summed E-state index contributed by atoms with van der Waals surface area (Å²) in [7, 11) is 0. The predicted molar refractivity (Wildman–Crippen MR) is 139 cm³/mol. The number of piperidine rings is 1. The minimum absolute atomic E-state index is 0.120. The molecule has 0 radical (unpaired) electrons. The maximum absolute atomic E-state index is 12.9. The van der Waals surface area contributed by atoms with Gasteiger partial charge in [0.15, 0.2) is 0 Å². The van der Waals surface area contributed by atoms with Crippen LogP contribution in [0, 0.1) is 5.92 Å². The van der Waals surface area contributed by atoms with Gasteiger partial charge in [-0.25, -0.2) is 0 Å². The lowest BCUT2D eigenvalue weighted by Gasteiger charge is -2.31. The van der Waals surface area contributed by atoms with Crippen molar-refractivity contribution in [3.63, 3.8) is 0 Å². The molecule has 1 aliphatic rings. The largest absolute Gasteiger partial charge is 0.394 e. The summed E-state index contributed by atoms with van der Waals surface area (Å²) in [5.41, 5.74) is 0.701. The van der Waals surface area contributed by atoms with Crippen LogP contribution < -0.4 is 10.6 Å². The zero-order valence-corrected chi connectivity index (χ0v) is 21.5. The summed E-state index contributed by atoms with van der Waals surface area (Å²) in [6, 6.07) is 6.63. The summed E-state index contributed by atoms with van der Waals surface area (Å²) in [5, 5.41) is 26.7. The van der Waals surface area contributed by atoms with Crippen LogP contribution >= 0.6 is 11.8 Å². The lowest BCUT2D eigenvalue weighted by molar-refractivity contribution is -0.126. The summed E-state index contributed by atoms with van der Waals surface area (Å²) in [6.07, 6.45) is 16.2. The number of hydrogen-bond acceptors (Lipinski definition) is 5. The summed E-state index contributed by atoms with van der Waals surface area (Å²) >= 11 is 1.64. The van der Waals surface area contributed by atoms with Gasteiger partial charge in [-0.15, -0.1) is 11.8 Å². The number of rotatable bonds is 16. The summed E-state index contributed by atoms with van der Waals surface area (Å²) in [5.74, 6) is 0.453. The number of thioether (sulfide) groups is 1. The van der Waals surface area contributed by atoms with Crippen molar-refractivity contribution in [2.24, 2.45) is 5.92 Å². The third-order valence-corrected chi connectivity index (χ3v) is 7.65. The Morgan fingerprint density at radius 2 is 1.73 bits per heavy atom. The Bertz CT molecular complexity index is 655. The number of carbonyl (C=O) groups excluding carboxylic acids is 1. The van der Waals surface area contributed by atoms with Gasteiger partial charge in [0, 0.05) is 4.90 Å². The number of aliphatic hydroxyl groups excluding tert-OH is 2. The SMILES string of the molecule is CCCCCCCCCCC[C@H]1CCN[C@@H](C(=O)N[C@@H](CO)[C@H](O)c2ccc(SC)cc2)C1. The number of hydrogen-bond donors (Lipinski definition) is 4. The third kappa shape index (κ3) is 10.4. The van der Waals surface area contributed by atoms with E-state index >= 15 is 0 Å². The van der Waals surface area contributed by atoms with Gasteiger partial charge in [0.05, 0.1) is 18.7 Å². The molecule has 0 bridgehead atoms. The quantitative estimate of drug-likeness (QED) is 0.194. The number of amides is 1. The normalized spacial score (nSPS) is 20.4. The van der Waals surface area contributed by atoms with E-state index in [1.807, 2.05) is 30.5 Å². The Balaban J connectivity index is 1.70. The number of unbranched alkanes of at least 4 members (excludes halogenated alkanes) is 8. The van der Waals surface area contributed by atoms with Crippen molar-refractivity contribution in [3.05, 3.63) is 29.8 Å². The molecule has 4 atom stereocenters. The maximum Gasteiger partial charge on any atom is 0.237 e. The predicted octanol–water partition coefficient (Wildman–Crippen LogP) is 5.21. The van der Waals surface area contributed by atoms with Gasteiger partial charge in [-0.05, 0) is 49.3 Å². The first-order valence-corrected chi connectivity index (χ1v) is 14.3. The topological polar surface area (TPSA) is 81.6 Å². The van der Waals surface area contributed by atoms with Gasteiger partial charge in [0.25, 0.3) is 0 Å². The van der Waals surface area contributed by atoms with Crippen LogP contribution in [0.25, 0.3) is 0 Å². The first kappa shape index (κ1) is 28.2. The molecule has 6 heteroatoms. The number of benzene rings is 1. The molecule has 1 saturated heterocycles. The summed E-state index contributed by atoms with van der Waals surface area (Å²) in [6.45, 7) is 2.81. The minimum atomic E-state index is -0.934. The van der Waals surface area contributed by atoms with Crippen molar-refractivity contribution >= 4 is 17.7 Å².